The van der Waals surface area contributed by atoms with E-state index >= 15 is 0 Å². The number of carbonyl (C=O) groups is 1. The van der Waals surface area contributed by atoms with Crippen molar-refractivity contribution in [1.29, 1.82) is 0 Å². The van der Waals surface area contributed by atoms with Gasteiger partial charge in [0.25, 0.3) is 5.91 Å². The SMILES string of the molecule is CN1CCN(C(=O)c2ccnc(NCCc3ccc(Cl)cc3Cl)c2)CC1. The molecule has 7 heteroatoms. The minimum atomic E-state index is 0.0595. The fourth-order valence-corrected chi connectivity index (χ4v) is 3.41. The highest BCUT2D eigenvalue weighted by Gasteiger charge is 2.20. The van der Waals surface area contributed by atoms with Crippen LogP contribution in [0.2, 0.25) is 10.0 Å². The van der Waals surface area contributed by atoms with Gasteiger partial charge < -0.3 is 15.1 Å². The van der Waals surface area contributed by atoms with E-state index in [0.717, 1.165) is 38.2 Å². The van der Waals surface area contributed by atoms with Crippen LogP contribution in [0.4, 0.5) is 5.82 Å². The van der Waals surface area contributed by atoms with Gasteiger partial charge in [-0.05, 0) is 43.3 Å². The molecule has 1 saturated heterocycles. The maximum atomic E-state index is 12.7. The molecule has 1 aromatic heterocycles. The average Bonchev–Trinajstić information content (AvgIpc) is 2.64. The van der Waals surface area contributed by atoms with Crippen molar-refractivity contribution in [1.82, 2.24) is 14.8 Å². The summed E-state index contributed by atoms with van der Waals surface area (Å²) in [5.74, 6) is 0.749. The second-order valence-electron chi connectivity index (χ2n) is 6.44. The third-order valence-corrected chi connectivity index (χ3v) is 5.10. The zero-order chi connectivity index (χ0) is 18.5. The largest absolute Gasteiger partial charge is 0.370 e. The second-order valence-corrected chi connectivity index (χ2v) is 7.28. The minimum Gasteiger partial charge on any atom is -0.370 e. The van der Waals surface area contributed by atoms with Gasteiger partial charge in [-0.1, -0.05) is 29.3 Å². The lowest BCUT2D eigenvalue weighted by Crippen LogP contribution is -2.47. The Morgan fingerprint density at radius 1 is 1.15 bits per heavy atom. The van der Waals surface area contributed by atoms with E-state index in [9.17, 15) is 4.79 Å². The highest BCUT2D eigenvalue weighted by Crippen LogP contribution is 2.21. The molecule has 0 bridgehead atoms. The number of hydrogen-bond acceptors (Lipinski definition) is 4. The number of pyridine rings is 1. The van der Waals surface area contributed by atoms with Crippen LogP contribution < -0.4 is 5.32 Å². The van der Waals surface area contributed by atoms with Gasteiger partial charge in [0.2, 0.25) is 0 Å². The number of rotatable bonds is 5. The van der Waals surface area contributed by atoms with E-state index in [1.807, 2.05) is 23.1 Å². The summed E-state index contributed by atoms with van der Waals surface area (Å²) in [5, 5.41) is 4.55. The van der Waals surface area contributed by atoms with Crippen molar-refractivity contribution >= 4 is 34.9 Å². The van der Waals surface area contributed by atoms with Crippen molar-refractivity contribution in [3.63, 3.8) is 0 Å². The predicted octanol–water partition coefficient (Wildman–Crippen LogP) is 3.43. The van der Waals surface area contributed by atoms with Crippen LogP contribution in [0.5, 0.6) is 0 Å². The predicted molar refractivity (Wildman–Crippen MR) is 106 cm³/mol. The van der Waals surface area contributed by atoms with Gasteiger partial charge in [0.05, 0.1) is 0 Å². The number of amides is 1. The summed E-state index contributed by atoms with van der Waals surface area (Å²) in [5.41, 5.74) is 1.69. The molecule has 1 aliphatic heterocycles. The summed E-state index contributed by atoms with van der Waals surface area (Å²) in [4.78, 5) is 21.1. The van der Waals surface area contributed by atoms with Gasteiger partial charge in [0, 0.05) is 54.5 Å². The number of aromatic nitrogens is 1. The molecule has 1 aliphatic rings. The number of halogens is 2. The molecule has 3 rings (SSSR count). The first kappa shape index (κ1) is 19.0. The van der Waals surface area contributed by atoms with Gasteiger partial charge in [-0.2, -0.15) is 0 Å². The van der Waals surface area contributed by atoms with Gasteiger partial charge in [-0.25, -0.2) is 4.98 Å². The fraction of sp³-hybridized carbons (Fsp3) is 0.368. The molecular formula is C19H22Cl2N4O. The molecule has 1 N–H and O–H groups in total. The van der Waals surface area contributed by atoms with Crippen molar-refractivity contribution in [2.45, 2.75) is 6.42 Å². The molecule has 1 amide bonds. The number of nitrogens with one attached hydrogen (secondary N) is 1. The highest BCUT2D eigenvalue weighted by molar-refractivity contribution is 6.35. The van der Waals surface area contributed by atoms with Crippen LogP contribution in [0.25, 0.3) is 0 Å². The van der Waals surface area contributed by atoms with Crippen LogP contribution >= 0.6 is 23.2 Å². The molecule has 26 heavy (non-hydrogen) atoms. The lowest BCUT2D eigenvalue weighted by atomic mass is 10.1. The number of nitrogens with zero attached hydrogens (tertiary/aromatic N) is 3. The first-order valence-corrected chi connectivity index (χ1v) is 9.40. The van der Waals surface area contributed by atoms with Gasteiger partial charge in [0.1, 0.15) is 5.82 Å². The molecule has 0 aliphatic carbocycles. The second kappa shape index (κ2) is 8.71. The third kappa shape index (κ3) is 4.87. The number of hydrogen-bond donors (Lipinski definition) is 1. The maximum absolute atomic E-state index is 12.7. The lowest BCUT2D eigenvalue weighted by Gasteiger charge is -2.32. The Hall–Kier alpha value is -1.82. The maximum Gasteiger partial charge on any atom is 0.254 e. The first-order chi connectivity index (χ1) is 12.5. The molecule has 1 fully saturated rings. The third-order valence-electron chi connectivity index (χ3n) is 4.51. The van der Waals surface area contributed by atoms with Crippen LogP contribution in [0, 0.1) is 0 Å². The van der Waals surface area contributed by atoms with Crippen molar-refractivity contribution in [3.8, 4) is 0 Å². The summed E-state index contributed by atoms with van der Waals surface area (Å²) in [7, 11) is 2.07. The molecule has 0 spiro atoms. The van der Waals surface area contributed by atoms with Crippen molar-refractivity contribution in [2.24, 2.45) is 0 Å². The van der Waals surface area contributed by atoms with Crippen molar-refractivity contribution < 1.29 is 4.79 Å². The molecule has 0 saturated carbocycles. The summed E-state index contributed by atoms with van der Waals surface area (Å²) >= 11 is 12.1. The molecule has 5 nitrogen and oxygen atoms in total. The van der Waals surface area contributed by atoms with E-state index in [4.69, 9.17) is 23.2 Å². The van der Waals surface area contributed by atoms with E-state index in [2.05, 4.69) is 22.2 Å². The van der Waals surface area contributed by atoms with Crippen molar-refractivity contribution in [3.05, 3.63) is 57.7 Å². The monoisotopic (exact) mass is 392 g/mol. The molecule has 2 aromatic rings. The van der Waals surface area contributed by atoms with Gasteiger partial charge >= 0.3 is 0 Å². The van der Waals surface area contributed by atoms with E-state index in [1.54, 1.807) is 18.3 Å². The average molecular weight is 393 g/mol. The molecule has 2 heterocycles. The molecule has 1 aromatic carbocycles. The Bertz CT molecular complexity index is 776. The van der Waals surface area contributed by atoms with Crippen LogP contribution in [0.15, 0.2) is 36.5 Å². The number of benzene rings is 1. The number of likely N-dealkylation sites (N-methyl/N-ethyl adjacent to an activating group) is 1. The Labute approximate surface area is 163 Å². The van der Waals surface area contributed by atoms with Crippen LogP contribution in [0.3, 0.4) is 0 Å². The summed E-state index contributed by atoms with van der Waals surface area (Å²) in [6.45, 7) is 4.00. The quantitative estimate of drug-likeness (QED) is 0.846. The standard InChI is InChI=1S/C19H22Cl2N4O/c1-24-8-10-25(11-9-24)19(26)15-5-7-23-18(12-15)22-6-4-14-2-3-16(20)13-17(14)21/h2-3,5,7,12-13H,4,6,8-11H2,1H3,(H,22,23). The van der Waals surface area contributed by atoms with Gasteiger partial charge in [-0.3, -0.25) is 4.79 Å². The Morgan fingerprint density at radius 2 is 1.92 bits per heavy atom. The molecular weight excluding hydrogens is 371 g/mol. The zero-order valence-corrected chi connectivity index (χ0v) is 16.2. The van der Waals surface area contributed by atoms with E-state index in [0.29, 0.717) is 28.0 Å². The smallest absolute Gasteiger partial charge is 0.254 e. The van der Waals surface area contributed by atoms with E-state index < -0.39 is 0 Å². The van der Waals surface area contributed by atoms with E-state index in [-0.39, 0.29) is 5.91 Å². The Morgan fingerprint density at radius 3 is 2.65 bits per heavy atom. The molecule has 138 valence electrons. The number of piperazine rings is 1. The Kier molecular flexibility index (Phi) is 6.35. The van der Waals surface area contributed by atoms with Crippen LogP contribution in [-0.4, -0.2) is 60.5 Å². The molecule has 0 radical (unpaired) electrons. The van der Waals surface area contributed by atoms with Gasteiger partial charge in [-0.15, -0.1) is 0 Å². The lowest BCUT2D eigenvalue weighted by molar-refractivity contribution is 0.0664. The zero-order valence-electron chi connectivity index (χ0n) is 14.7. The van der Waals surface area contributed by atoms with E-state index in [1.165, 1.54) is 0 Å². The van der Waals surface area contributed by atoms with Crippen LogP contribution in [-0.2, 0) is 6.42 Å². The Balaban J connectivity index is 1.58. The molecule has 0 atom stereocenters. The summed E-state index contributed by atoms with van der Waals surface area (Å²) in [6, 6.07) is 9.07. The highest BCUT2D eigenvalue weighted by atomic mass is 35.5. The summed E-state index contributed by atoms with van der Waals surface area (Å²) < 4.78 is 0. The topological polar surface area (TPSA) is 48.5 Å². The number of carbonyl (C=O) groups excluding carboxylic acids is 1. The molecule has 0 unspecified atom stereocenters. The fourth-order valence-electron chi connectivity index (χ4n) is 2.90. The normalized spacial score (nSPS) is 15.1. The first-order valence-electron chi connectivity index (χ1n) is 8.64. The van der Waals surface area contributed by atoms with Crippen LogP contribution in [0.1, 0.15) is 15.9 Å². The number of anilines is 1. The summed E-state index contributed by atoms with van der Waals surface area (Å²) in [6.07, 6.45) is 2.41. The van der Waals surface area contributed by atoms with Gasteiger partial charge in [0.15, 0.2) is 0 Å². The van der Waals surface area contributed by atoms with Crippen molar-refractivity contribution in [2.75, 3.05) is 45.1 Å². The minimum absolute atomic E-state index is 0.0595.